The molecule has 7 aliphatic rings. The van der Waals surface area contributed by atoms with E-state index < -0.39 is 129 Å². The van der Waals surface area contributed by atoms with E-state index in [2.05, 4.69) is 6.58 Å². The second kappa shape index (κ2) is 15.6. The fraction of sp³-hybridized carbons (Fsp3) is 0.919. The lowest BCUT2D eigenvalue weighted by Gasteiger charge is -2.58. The van der Waals surface area contributed by atoms with Crippen molar-refractivity contribution in [3.63, 3.8) is 0 Å². The molecule has 3 saturated heterocycles. The Kier molecular flexibility index (Phi) is 11.9. The summed E-state index contributed by atoms with van der Waals surface area (Å²) in [5, 5.41) is 116. The summed E-state index contributed by atoms with van der Waals surface area (Å²) in [6.45, 7) is 4.02. The quantitative estimate of drug-likeness (QED) is 0.0789. The van der Waals surface area contributed by atoms with E-state index in [1.54, 1.807) is 0 Å². The molecule has 3 heterocycles. The molecule has 1 spiro atoms. The molecule has 2 bridgehead atoms. The first-order valence-corrected chi connectivity index (χ1v) is 19.5. The summed E-state index contributed by atoms with van der Waals surface area (Å²) in [4.78, 5) is 12.5. The van der Waals surface area contributed by atoms with Gasteiger partial charge in [0.25, 0.3) is 0 Å². The maximum absolute atomic E-state index is 12.5. The zero-order chi connectivity index (χ0) is 39.8. The van der Waals surface area contributed by atoms with Crippen LogP contribution in [0.25, 0.3) is 0 Å². The Morgan fingerprint density at radius 2 is 1.22 bits per heavy atom. The molecule has 18 heteroatoms. The van der Waals surface area contributed by atoms with Gasteiger partial charge in [0, 0.05) is 0 Å². The molecule has 0 amide bonds. The number of fused-ring (bicyclic) bond motifs is 3. The third-order valence-corrected chi connectivity index (χ3v) is 14.4. The maximum Gasteiger partial charge on any atom is 0.309 e. The van der Waals surface area contributed by atoms with Gasteiger partial charge in [0.2, 0.25) is 0 Å². The first-order valence-electron chi connectivity index (χ1n) is 19.5. The van der Waals surface area contributed by atoms with Crippen molar-refractivity contribution in [2.75, 3.05) is 19.8 Å². The van der Waals surface area contributed by atoms with Gasteiger partial charge in [-0.2, -0.15) is 0 Å². The average molecular weight is 791 g/mol. The fourth-order valence-electron chi connectivity index (χ4n) is 11.4. The van der Waals surface area contributed by atoms with Gasteiger partial charge in [-0.15, -0.1) is 0 Å². The van der Waals surface area contributed by atoms with Crippen LogP contribution in [0.1, 0.15) is 64.7 Å². The summed E-state index contributed by atoms with van der Waals surface area (Å²) in [7, 11) is 0. The summed E-state index contributed by atoms with van der Waals surface area (Å²) in [5.41, 5.74) is -1.28. The molecular formula is C37H58O18. The number of carboxylic acid groups (broad SMARTS) is 1. The number of carboxylic acids is 1. The van der Waals surface area contributed by atoms with E-state index in [0.717, 1.165) is 31.3 Å². The Labute approximate surface area is 318 Å². The lowest BCUT2D eigenvalue weighted by molar-refractivity contribution is -0.399. The number of aliphatic hydroxyl groups is 10. The van der Waals surface area contributed by atoms with Crippen molar-refractivity contribution >= 4 is 5.97 Å². The summed E-state index contributed by atoms with van der Waals surface area (Å²) >= 11 is 0. The minimum absolute atomic E-state index is 0.0433. The summed E-state index contributed by atoms with van der Waals surface area (Å²) in [6.07, 6.45) is -19.1. The highest BCUT2D eigenvalue weighted by Gasteiger charge is 2.66. The lowest BCUT2D eigenvalue weighted by Crippen LogP contribution is -2.68. The molecule has 4 aliphatic carbocycles. The molecule has 4 saturated carbocycles. The average Bonchev–Trinajstić information content (AvgIpc) is 3.36. The highest BCUT2D eigenvalue weighted by molar-refractivity contribution is 5.74. The molecule has 21 atom stereocenters. The smallest absolute Gasteiger partial charge is 0.309 e. The van der Waals surface area contributed by atoms with Gasteiger partial charge in [0.15, 0.2) is 18.9 Å². The molecule has 0 aromatic carbocycles. The highest BCUT2D eigenvalue weighted by Crippen LogP contribution is 2.70. The number of hydrogen-bond acceptors (Lipinski definition) is 17. The molecule has 0 aromatic heterocycles. The van der Waals surface area contributed by atoms with Gasteiger partial charge in [-0.3, -0.25) is 4.79 Å². The molecule has 3 aliphatic heterocycles. The predicted octanol–water partition coefficient (Wildman–Crippen LogP) is -2.76. The Hall–Kier alpha value is -1.43. The highest BCUT2D eigenvalue weighted by atomic mass is 16.8. The van der Waals surface area contributed by atoms with Crippen LogP contribution in [0.15, 0.2) is 12.2 Å². The maximum atomic E-state index is 12.5. The Morgan fingerprint density at radius 1 is 0.691 bits per heavy atom. The molecule has 7 rings (SSSR count). The topological polar surface area (TPSA) is 295 Å². The van der Waals surface area contributed by atoms with Gasteiger partial charge in [-0.1, -0.05) is 13.0 Å². The van der Waals surface area contributed by atoms with Crippen molar-refractivity contribution < 1.29 is 89.4 Å². The van der Waals surface area contributed by atoms with Gasteiger partial charge in [-0.05, 0) is 87.0 Å². The zero-order valence-corrected chi connectivity index (χ0v) is 30.9. The van der Waals surface area contributed by atoms with Crippen LogP contribution < -0.4 is 0 Å². The van der Waals surface area contributed by atoms with E-state index in [9.17, 15) is 61.0 Å². The molecule has 18 nitrogen and oxygen atoms in total. The predicted molar refractivity (Wildman–Crippen MR) is 182 cm³/mol. The number of rotatable bonds is 10. The first-order chi connectivity index (χ1) is 26.0. The van der Waals surface area contributed by atoms with E-state index in [4.69, 9.17) is 28.4 Å². The van der Waals surface area contributed by atoms with Crippen LogP contribution in [0.3, 0.4) is 0 Å². The van der Waals surface area contributed by atoms with Crippen LogP contribution in [0.5, 0.6) is 0 Å². The minimum Gasteiger partial charge on any atom is -0.481 e. The normalized spacial score (nSPS) is 54.1. The van der Waals surface area contributed by atoms with Gasteiger partial charge >= 0.3 is 5.97 Å². The third-order valence-electron chi connectivity index (χ3n) is 14.4. The Bertz CT molecular complexity index is 1400. The SMILES string of the molecule is C=C1C[C@@]23CC[C@H]4[C@@H](CCC[C@@]4(C)C(=O)O)[C@@H]2CC[C@]1(O[C@@H]1O[C@H](CO)[C@@H](O)[C@H](O[C@@H]2O[C@H](CO)[C@@H](O)[C@H](O)[C@H]2O)[C@H]1O[C@@H]1O[C@H](CO)[C@@H](O)[C@H](O)[C@H]1O)C3. The molecular weight excluding hydrogens is 732 g/mol. The largest absolute Gasteiger partial charge is 0.481 e. The van der Waals surface area contributed by atoms with Gasteiger partial charge in [-0.25, -0.2) is 0 Å². The number of ether oxygens (including phenoxy) is 6. The summed E-state index contributed by atoms with van der Waals surface area (Å²) < 4.78 is 36.6. The zero-order valence-electron chi connectivity index (χ0n) is 30.9. The third kappa shape index (κ3) is 6.90. The van der Waals surface area contributed by atoms with Crippen molar-refractivity contribution in [2.45, 2.75) is 162 Å². The van der Waals surface area contributed by atoms with E-state index >= 15 is 0 Å². The van der Waals surface area contributed by atoms with E-state index in [-0.39, 0.29) is 23.2 Å². The molecule has 0 unspecified atom stereocenters. The second-order valence-electron chi connectivity index (χ2n) is 17.3. The monoisotopic (exact) mass is 790 g/mol. The minimum atomic E-state index is -1.91. The molecule has 55 heavy (non-hydrogen) atoms. The molecule has 0 aromatic rings. The van der Waals surface area contributed by atoms with Crippen LogP contribution >= 0.6 is 0 Å². The van der Waals surface area contributed by atoms with Crippen molar-refractivity contribution in [1.82, 2.24) is 0 Å². The standard InChI is InChI=1S/C37H58O18/c1-15-10-36-8-5-17-16(4-3-7-35(17,2)34(48)49)18(36)6-9-37(15,14-36)55-33-30(54-32-28(47)26(45)23(42)20(12-39)51-32)29(24(43)21(13-40)52-33)53-31-27(46)25(44)22(41)19(11-38)50-31/h16-33,38-47H,1,3-14H2,2H3,(H,48,49)/t16-,17+,18+,19-,20-,21-,22-,23-,24-,25+,26+,27-,28-,29+,30-,31+,32+,33+,35-,36-,37+/m1/s1. The van der Waals surface area contributed by atoms with Crippen LogP contribution in [0.4, 0.5) is 0 Å². The molecule has 7 fully saturated rings. The number of aliphatic hydroxyl groups excluding tert-OH is 10. The van der Waals surface area contributed by atoms with Gasteiger partial charge < -0.3 is 84.6 Å². The van der Waals surface area contributed by atoms with Crippen LogP contribution in [-0.2, 0) is 33.2 Å². The molecule has 11 N–H and O–H groups in total. The fourth-order valence-corrected chi connectivity index (χ4v) is 11.4. The van der Waals surface area contributed by atoms with Crippen LogP contribution in [-0.4, -0.2) is 180 Å². The van der Waals surface area contributed by atoms with E-state index in [0.29, 0.717) is 32.1 Å². The van der Waals surface area contributed by atoms with Crippen molar-refractivity contribution in [2.24, 2.45) is 28.6 Å². The number of carbonyl (C=O) groups is 1. The summed E-state index contributed by atoms with van der Waals surface area (Å²) in [6, 6.07) is 0. The number of hydrogen-bond donors (Lipinski definition) is 11. The Morgan fingerprint density at radius 3 is 1.78 bits per heavy atom. The van der Waals surface area contributed by atoms with Crippen LogP contribution in [0.2, 0.25) is 0 Å². The van der Waals surface area contributed by atoms with Gasteiger partial charge in [0.05, 0.1) is 30.8 Å². The van der Waals surface area contributed by atoms with E-state index in [1.165, 1.54) is 0 Å². The van der Waals surface area contributed by atoms with Crippen molar-refractivity contribution in [3.05, 3.63) is 12.2 Å². The van der Waals surface area contributed by atoms with E-state index in [1.807, 2.05) is 6.92 Å². The first kappa shape index (κ1) is 41.7. The van der Waals surface area contributed by atoms with Crippen molar-refractivity contribution in [1.29, 1.82) is 0 Å². The second-order valence-corrected chi connectivity index (χ2v) is 17.3. The number of aliphatic carboxylic acids is 1. The molecule has 0 radical (unpaired) electrons. The molecule has 314 valence electrons. The lowest BCUT2D eigenvalue weighted by atomic mass is 9.47. The summed E-state index contributed by atoms with van der Waals surface area (Å²) in [5.74, 6) is -0.278. The van der Waals surface area contributed by atoms with Crippen LogP contribution in [0, 0.1) is 28.6 Å². The van der Waals surface area contributed by atoms with Crippen molar-refractivity contribution in [3.8, 4) is 0 Å². The Balaban J connectivity index is 1.20. The van der Waals surface area contributed by atoms with Gasteiger partial charge in [0.1, 0.15) is 73.2 Å².